The van der Waals surface area contributed by atoms with E-state index in [0.717, 1.165) is 22.1 Å². The zero-order valence-electron chi connectivity index (χ0n) is 9.71. The Morgan fingerprint density at radius 2 is 2.17 bits per heavy atom. The van der Waals surface area contributed by atoms with Crippen molar-refractivity contribution in [1.82, 2.24) is 5.32 Å². The number of benzene rings is 1. The average molecular weight is 349 g/mol. The van der Waals surface area contributed by atoms with E-state index in [1.807, 2.05) is 23.8 Å². The highest BCUT2D eigenvalue weighted by atomic mass is 79.9. The summed E-state index contributed by atoms with van der Waals surface area (Å²) in [6.07, 6.45) is 0. The monoisotopic (exact) mass is 347 g/mol. The summed E-state index contributed by atoms with van der Waals surface area (Å²) in [7, 11) is 0. The van der Waals surface area contributed by atoms with Crippen molar-refractivity contribution in [3.63, 3.8) is 0 Å². The van der Waals surface area contributed by atoms with E-state index in [1.54, 1.807) is 17.4 Å². The Hall–Kier alpha value is -0.420. The fourth-order valence-corrected chi connectivity index (χ4v) is 3.62. The van der Waals surface area contributed by atoms with Crippen LogP contribution in [0.25, 0.3) is 0 Å². The Morgan fingerprint density at radius 3 is 2.78 bits per heavy atom. The molecule has 0 radical (unpaired) electrons. The maximum atomic E-state index is 13.6. The van der Waals surface area contributed by atoms with Gasteiger partial charge in [0.05, 0.1) is 11.1 Å². The number of hydrogen-bond acceptors (Lipinski definition) is 2. The molecule has 96 valence electrons. The predicted octanol–water partition coefficient (Wildman–Crippen LogP) is 5.00. The molecule has 2 aromatic rings. The molecule has 0 bridgehead atoms. The van der Waals surface area contributed by atoms with Crippen LogP contribution in [0.4, 0.5) is 4.39 Å². The summed E-state index contributed by atoms with van der Waals surface area (Å²) in [5.41, 5.74) is 1.84. The lowest BCUT2D eigenvalue weighted by atomic mass is 10.0. The van der Waals surface area contributed by atoms with E-state index < -0.39 is 0 Å². The molecule has 1 aromatic carbocycles. The third-order valence-corrected chi connectivity index (χ3v) is 4.80. The summed E-state index contributed by atoms with van der Waals surface area (Å²) in [5, 5.41) is 7.56. The van der Waals surface area contributed by atoms with Gasteiger partial charge in [-0.15, -0.1) is 0 Å². The smallest absolute Gasteiger partial charge is 0.142 e. The van der Waals surface area contributed by atoms with E-state index in [4.69, 9.17) is 11.6 Å². The minimum atomic E-state index is -0.386. The van der Waals surface area contributed by atoms with E-state index in [2.05, 4.69) is 21.2 Å². The van der Waals surface area contributed by atoms with Gasteiger partial charge in [-0.1, -0.05) is 30.7 Å². The van der Waals surface area contributed by atoms with E-state index in [1.165, 1.54) is 6.07 Å². The molecule has 0 saturated heterocycles. The summed E-state index contributed by atoms with van der Waals surface area (Å²) < 4.78 is 14.6. The maximum absolute atomic E-state index is 13.6. The second kappa shape index (κ2) is 6.15. The molecule has 0 aliphatic carbocycles. The lowest BCUT2D eigenvalue weighted by Gasteiger charge is -2.19. The molecular weight excluding hydrogens is 337 g/mol. The first-order chi connectivity index (χ1) is 8.65. The van der Waals surface area contributed by atoms with Crippen molar-refractivity contribution in [2.24, 2.45) is 0 Å². The number of nitrogens with one attached hydrogen (secondary N) is 1. The molecule has 0 aliphatic rings. The first kappa shape index (κ1) is 14.0. The molecular formula is C13H12BrClFNS. The van der Waals surface area contributed by atoms with Crippen LogP contribution < -0.4 is 5.32 Å². The Kier molecular flexibility index (Phi) is 4.78. The van der Waals surface area contributed by atoms with Gasteiger partial charge in [0.15, 0.2) is 0 Å². The van der Waals surface area contributed by atoms with Gasteiger partial charge in [-0.25, -0.2) is 4.39 Å². The first-order valence-corrected chi connectivity index (χ1v) is 7.65. The molecule has 1 heterocycles. The molecule has 5 heteroatoms. The third kappa shape index (κ3) is 2.77. The zero-order chi connectivity index (χ0) is 13.1. The van der Waals surface area contributed by atoms with Crippen LogP contribution >= 0.6 is 38.9 Å². The molecule has 1 unspecified atom stereocenters. The molecule has 0 aliphatic heterocycles. The van der Waals surface area contributed by atoms with Crippen molar-refractivity contribution >= 4 is 38.9 Å². The van der Waals surface area contributed by atoms with Crippen LogP contribution in [0.2, 0.25) is 5.02 Å². The standard InChI is InChI=1S/C13H12BrClFNS/c1-2-17-13(9-6-18-7-10(9)14)8-4-3-5-11(16)12(8)15/h3-7,13,17H,2H2,1H3. The molecule has 18 heavy (non-hydrogen) atoms. The van der Waals surface area contributed by atoms with Crippen LogP contribution in [-0.2, 0) is 0 Å². The molecule has 0 saturated carbocycles. The van der Waals surface area contributed by atoms with Gasteiger partial charge in [0.25, 0.3) is 0 Å². The largest absolute Gasteiger partial charge is 0.306 e. The van der Waals surface area contributed by atoms with Crippen molar-refractivity contribution in [2.75, 3.05) is 6.54 Å². The predicted molar refractivity (Wildman–Crippen MR) is 78.9 cm³/mol. The highest BCUT2D eigenvalue weighted by Crippen LogP contribution is 2.35. The minimum absolute atomic E-state index is 0.0983. The minimum Gasteiger partial charge on any atom is -0.306 e. The molecule has 0 spiro atoms. The van der Waals surface area contributed by atoms with Crippen LogP contribution in [0, 0.1) is 5.82 Å². The summed E-state index contributed by atoms with van der Waals surface area (Å²) >= 11 is 11.2. The number of halogens is 3. The fourth-order valence-electron chi connectivity index (χ4n) is 1.83. The fraction of sp³-hybridized carbons (Fsp3) is 0.231. The van der Waals surface area contributed by atoms with Gasteiger partial charge < -0.3 is 5.32 Å². The van der Waals surface area contributed by atoms with Crippen LogP contribution in [0.5, 0.6) is 0 Å². The molecule has 1 atom stereocenters. The van der Waals surface area contributed by atoms with Gasteiger partial charge in [-0.3, -0.25) is 0 Å². The van der Waals surface area contributed by atoms with Crippen molar-refractivity contribution in [3.05, 3.63) is 55.4 Å². The Balaban J connectivity index is 2.48. The second-order valence-electron chi connectivity index (χ2n) is 3.81. The Morgan fingerprint density at radius 1 is 1.39 bits per heavy atom. The summed E-state index contributed by atoms with van der Waals surface area (Å²) in [6, 6.07) is 4.81. The lowest BCUT2D eigenvalue weighted by molar-refractivity contribution is 0.603. The van der Waals surface area contributed by atoms with Crippen LogP contribution in [0.1, 0.15) is 24.1 Å². The quantitative estimate of drug-likeness (QED) is 0.819. The normalized spacial score (nSPS) is 12.7. The SMILES string of the molecule is CCNC(c1cscc1Br)c1cccc(F)c1Cl. The molecule has 1 aromatic heterocycles. The first-order valence-electron chi connectivity index (χ1n) is 5.54. The van der Waals surface area contributed by atoms with Crippen molar-refractivity contribution in [2.45, 2.75) is 13.0 Å². The van der Waals surface area contributed by atoms with E-state index in [0.29, 0.717) is 0 Å². The highest BCUT2D eigenvalue weighted by molar-refractivity contribution is 9.10. The van der Waals surface area contributed by atoms with Crippen LogP contribution in [0.15, 0.2) is 33.4 Å². The van der Waals surface area contributed by atoms with Crippen LogP contribution in [-0.4, -0.2) is 6.54 Å². The number of thiophene rings is 1. The average Bonchev–Trinajstić information content (AvgIpc) is 2.76. The van der Waals surface area contributed by atoms with E-state index in [-0.39, 0.29) is 16.9 Å². The topological polar surface area (TPSA) is 12.0 Å². The van der Waals surface area contributed by atoms with Crippen molar-refractivity contribution in [1.29, 1.82) is 0 Å². The van der Waals surface area contributed by atoms with Gasteiger partial charge >= 0.3 is 0 Å². The Labute approximate surface area is 123 Å². The second-order valence-corrected chi connectivity index (χ2v) is 5.78. The highest BCUT2D eigenvalue weighted by Gasteiger charge is 2.20. The van der Waals surface area contributed by atoms with Gasteiger partial charge in [-0.2, -0.15) is 11.3 Å². The molecule has 1 nitrogen and oxygen atoms in total. The molecule has 0 amide bonds. The summed E-state index contributed by atoms with van der Waals surface area (Å²) in [5.74, 6) is -0.386. The van der Waals surface area contributed by atoms with Gasteiger partial charge in [0, 0.05) is 9.85 Å². The van der Waals surface area contributed by atoms with E-state index >= 15 is 0 Å². The van der Waals surface area contributed by atoms with Crippen molar-refractivity contribution in [3.8, 4) is 0 Å². The molecule has 2 rings (SSSR count). The summed E-state index contributed by atoms with van der Waals surface area (Å²) in [6.45, 7) is 2.79. The van der Waals surface area contributed by atoms with Gasteiger partial charge in [-0.05, 0) is 45.0 Å². The maximum Gasteiger partial charge on any atom is 0.142 e. The third-order valence-electron chi connectivity index (χ3n) is 2.65. The molecule has 0 fully saturated rings. The number of hydrogen-bond donors (Lipinski definition) is 1. The van der Waals surface area contributed by atoms with Gasteiger partial charge in [0.2, 0.25) is 0 Å². The summed E-state index contributed by atoms with van der Waals surface area (Å²) in [4.78, 5) is 0. The van der Waals surface area contributed by atoms with Gasteiger partial charge in [0.1, 0.15) is 5.82 Å². The Bertz CT molecular complexity index is 544. The van der Waals surface area contributed by atoms with Crippen LogP contribution in [0.3, 0.4) is 0 Å². The number of rotatable bonds is 4. The molecule has 1 N–H and O–H groups in total. The van der Waals surface area contributed by atoms with Crippen molar-refractivity contribution < 1.29 is 4.39 Å². The lowest BCUT2D eigenvalue weighted by Crippen LogP contribution is -2.22. The van der Waals surface area contributed by atoms with E-state index in [9.17, 15) is 4.39 Å². The zero-order valence-corrected chi connectivity index (χ0v) is 12.9.